The first kappa shape index (κ1) is 31.6. The Hall–Kier alpha value is -5.62. The second kappa shape index (κ2) is 12.1. The molecule has 0 aliphatic carbocycles. The number of para-hydroxylation sites is 2. The van der Waals surface area contributed by atoms with E-state index in [4.69, 9.17) is 14.7 Å². The predicted molar refractivity (Wildman–Crippen MR) is 206 cm³/mol. The molecule has 7 aromatic rings. The van der Waals surface area contributed by atoms with Crippen molar-refractivity contribution in [2.24, 2.45) is 0 Å². The lowest BCUT2D eigenvalue weighted by Crippen LogP contribution is -2.27. The molecule has 6 heteroatoms. The molecule has 6 nitrogen and oxygen atoms in total. The molecule has 0 fully saturated rings. The van der Waals surface area contributed by atoms with Crippen molar-refractivity contribution in [3.05, 3.63) is 144 Å². The minimum absolute atomic E-state index is 0.0238. The Kier molecular flexibility index (Phi) is 7.63. The molecule has 0 amide bonds. The number of fused-ring (bicyclic) bond motifs is 4. The minimum Gasteiger partial charge on any atom is -0.457 e. The van der Waals surface area contributed by atoms with E-state index in [1.165, 1.54) is 27.9 Å². The molecule has 3 heterocycles. The second-order valence-corrected chi connectivity index (χ2v) is 15.4. The van der Waals surface area contributed by atoms with Gasteiger partial charge in [0.05, 0.1) is 29.1 Å². The molecule has 0 saturated carbocycles. The Morgan fingerprint density at radius 1 is 0.600 bits per heavy atom. The van der Waals surface area contributed by atoms with Crippen LogP contribution in [0.25, 0.3) is 27.8 Å². The van der Waals surface area contributed by atoms with Crippen LogP contribution in [0.4, 0.5) is 17.1 Å². The zero-order valence-corrected chi connectivity index (χ0v) is 29.7. The zero-order chi connectivity index (χ0) is 34.6. The van der Waals surface area contributed by atoms with Crippen LogP contribution in [-0.4, -0.2) is 21.2 Å². The molecule has 0 unspecified atom stereocenters. The Labute approximate surface area is 294 Å². The van der Waals surface area contributed by atoms with Gasteiger partial charge >= 0.3 is 0 Å². The van der Waals surface area contributed by atoms with Crippen LogP contribution in [0.15, 0.2) is 128 Å². The molecule has 250 valence electrons. The van der Waals surface area contributed by atoms with E-state index in [1.807, 2.05) is 18.5 Å². The Morgan fingerprint density at radius 2 is 1.30 bits per heavy atom. The molecule has 2 aromatic heterocycles. The van der Waals surface area contributed by atoms with Gasteiger partial charge in [-0.3, -0.25) is 4.57 Å². The van der Waals surface area contributed by atoms with Crippen LogP contribution in [0.5, 0.6) is 11.5 Å². The van der Waals surface area contributed by atoms with Gasteiger partial charge in [-0.2, -0.15) is 0 Å². The predicted octanol–water partition coefficient (Wildman–Crippen LogP) is 11.1. The summed E-state index contributed by atoms with van der Waals surface area (Å²) in [6.07, 6.45) is 3.90. The van der Waals surface area contributed by atoms with E-state index in [2.05, 4.69) is 165 Å². The maximum absolute atomic E-state index is 6.63. The van der Waals surface area contributed by atoms with E-state index in [-0.39, 0.29) is 10.8 Å². The van der Waals surface area contributed by atoms with Crippen molar-refractivity contribution in [2.45, 2.75) is 58.9 Å². The fourth-order valence-corrected chi connectivity index (χ4v) is 6.86. The summed E-state index contributed by atoms with van der Waals surface area (Å²) in [5.41, 5.74) is 9.26. The van der Waals surface area contributed by atoms with E-state index < -0.39 is 0 Å². The lowest BCUT2D eigenvalue weighted by Gasteiger charge is -2.22. The third-order valence-corrected chi connectivity index (χ3v) is 9.71. The van der Waals surface area contributed by atoms with Gasteiger partial charge < -0.3 is 14.5 Å². The van der Waals surface area contributed by atoms with E-state index in [1.54, 1.807) is 0 Å². The Balaban J connectivity index is 1.16. The summed E-state index contributed by atoms with van der Waals surface area (Å²) in [7, 11) is 0. The topological polar surface area (TPSA) is 46.4 Å². The quantitative estimate of drug-likeness (QED) is 0.178. The highest BCUT2D eigenvalue weighted by atomic mass is 16.5. The van der Waals surface area contributed by atoms with Crippen LogP contribution in [0.1, 0.15) is 58.2 Å². The molecule has 0 radical (unpaired) electrons. The molecule has 0 spiro atoms. The summed E-state index contributed by atoms with van der Waals surface area (Å²) in [5, 5.41) is 2.32. The Morgan fingerprint density at radius 3 is 2.04 bits per heavy atom. The third kappa shape index (κ3) is 5.85. The molecule has 0 bridgehead atoms. The van der Waals surface area contributed by atoms with Gasteiger partial charge in [-0.05, 0) is 76.1 Å². The van der Waals surface area contributed by atoms with Crippen LogP contribution in [0.3, 0.4) is 0 Å². The Bertz CT molecular complexity index is 2330. The van der Waals surface area contributed by atoms with Gasteiger partial charge in [-0.15, -0.1) is 0 Å². The van der Waals surface area contributed by atoms with E-state index in [0.717, 1.165) is 52.4 Å². The maximum atomic E-state index is 6.63. The normalized spacial score (nSPS) is 13.3. The SMILES string of the molecule is CC(C)(C)c1cnc(-n2c3ccc(C(C)(C)C)cc3c3ccc(Oc4cccc(N5CN(Cc6ccccc6)c6ccccc65)c4)cc32)nc1. The van der Waals surface area contributed by atoms with Gasteiger partial charge in [0.25, 0.3) is 0 Å². The van der Waals surface area contributed by atoms with Crippen molar-refractivity contribution in [2.75, 3.05) is 16.5 Å². The molecule has 0 N–H and O–H groups in total. The van der Waals surface area contributed by atoms with Gasteiger partial charge in [0.1, 0.15) is 11.5 Å². The number of ether oxygens (including phenoxy) is 1. The minimum atomic E-state index is -0.0339. The molecular weight excluding hydrogens is 615 g/mol. The summed E-state index contributed by atoms with van der Waals surface area (Å²) in [5.74, 6) is 2.19. The average molecular weight is 658 g/mol. The van der Waals surface area contributed by atoms with Crippen molar-refractivity contribution in [3.8, 4) is 17.4 Å². The number of benzene rings is 5. The van der Waals surface area contributed by atoms with Crippen LogP contribution < -0.4 is 14.5 Å². The zero-order valence-electron chi connectivity index (χ0n) is 29.7. The average Bonchev–Trinajstić information content (AvgIpc) is 3.63. The van der Waals surface area contributed by atoms with Gasteiger partial charge in [-0.1, -0.05) is 96.1 Å². The van der Waals surface area contributed by atoms with E-state index in [0.29, 0.717) is 5.95 Å². The van der Waals surface area contributed by atoms with Crippen LogP contribution >= 0.6 is 0 Å². The smallest absolute Gasteiger partial charge is 0.234 e. The monoisotopic (exact) mass is 657 g/mol. The largest absolute Gasteiger partial charge is 0.457 e. The number of anilines is 3. The van der Waals surface area contributed by atoms with Crippen LogP contribution in [0, 0.1) is 0 Å². The number of hydrogen-bond donors (Lipinski definition) is 0. The molecule has 8 rings (SSSR count). The summed E-state index contributed by atoms with van der Waals surface area (Å²) in [4.78, 5) is 14.5. The van der Waals surface area contributed by atoms with E-state index in [9.17, 15) is 0 Å². The highest BCUT2D eigenvalue weighted by Crippen LogP contribution is 2.43. The third-order valence-electron chi connectivity index (χ3n) is 9.71. The van der Waals surface area contributed by atoms with Crippen LogP contribution in [0.2, 0.25) is 0 Å². The molecule has 1 aliphatic heterocycles. The maximum Gasteiger partial charge on any atom is 0.234 e. The fraction of sp³-hybridized carbons (Fsp3) is 0.227. The van der Waals surface area contributed by atoms with Crippen molar-refractivity contribution in [3.63, 3.8) is 0 Å². The molecule has 1 aliphatic rings. The first-order valence-electron chi connectivity index (χ1n) is 17.4. The van der Waals surface area contributed by atoms with E-state index >= 15 is 0 Å². The summed E-state index contributed by atoms with van der Waals surface area (Å²) in [6.45, 7) is 14.9. The highest BCUT2D eigenvalue weighted by molar-refractivity contribution is 6.09. The van der Waals surface area contributed by atoms with Crippen molar-refractivity contribution in [1.82, 2.24) is 14.5 Å². The number of rotatable bonds is 6. The van der Waals surface area contributed by atoms with Crippen molar-refractivity contribution in [1.29, 1.82) is 0 Å². The second-order valence-electron chi connectivity index (χ2n) is 15.4. The number of hydrogen-bond acceptors (Lipinski definition) is 5. The number of aromatic nitrogens is 3. The molecule has 50 heavy (non-hydrogen) atoms. The van der Waals surface area contributed by atoms with Gasteiger partial charge in [-0.25, -0.2) is 9.97 Å². The molecule has 5 aromatic carbocycles. The lowest BCUT2D eigenvalue weighted by atomic mass is 9.86. The van der Waals surface area contributed by atoms with Crippen molar-refractivity contribution >= 4 is 38.9 Å². The molecular formula is C44H43N5O. The van der Waals surface area contributed by atoms with Crippen molar-refractivity contribution < 1.29 is 4.74 Å². The first-order valence-corrected chi connectivity index (χ1v) is 17.4. The number of nitrogens with zero attached hydrogens (tertiary/aromatic N) is 5. The molecule has 0 saturated heterocycles. The van der Waals surface area contributed by atoms with Crippen LogP contribution in [-0.2, 0) is 17.4 Å². The summed E-state index contributed by atoms with van der Waals surface area (Å²) < 4.78 is 8.79. The first-order chi connectivity index (χ1) is 24.0. The highest BCUT2D eigenvalue weighted by Gasteiger charge is 2.27. The standard InChI is InChI=1S/C44H43N5O/c1-43(2,3)31-19-22-38-37(23-31)36-21-20-35(25-41(36)49(38)42-45-26-32(27-46-42)44(4,5)6)50-34-16-12-15-33(24-34)48-29-47(28-30-13-8-7-9-14-30)39-17-10-11-18-40(39)48/h7-27H,28-29H2,1-6H3. The van der Waals surface area contributed by atoms with Gasteiger partial charge in [0, 0.05) is 47.5 Å². The van der Waals surface area contributed by atoms with Gasteiger partial charge in [0.15, 0.2) is 0 Å². The summed E-state index contributed by atoms with van der Waals surface area (Å²) in [6, 6.07) is 40.8. The van der Waals surface area contributed by atoms with Gasteiger partial charge in [0.2, 0.25) is 5.95 Å². The fourth-order valence-electron chi connectivity index (χ4n) is 6.86. The lowest BCUT2D eigenvalue weighted by molar-refractivity contribution is 0.483. The molecule has 0 atom stereocenters. The summed E-state index contributed by atoms with van der Waals surface area (Å²) >= 11 is 0.